The van der Waals surface area contributed by atoms with Crippen LogP contribution >= 0.6 is 0 Å². The molecule has 6 heteroatoms. The van der Waals surface area contributed by atoms with Crippen molar-refractivity contribution >= 4 is 15.9 Å². The molecule has 0 aliphatic heterocycles. The number of carbonyl (C=O) groups excluding carboxylic acids is 1. The lowest BCUT2D eigenvalue weighted by Gasteiger charge is -2.11. The zero-order chi connectivity index (χ0) is 13.8. The average molecular weight is 270 g/mol. The molecule has 1 N–H and O–H groups in total. The van der Waals surface area contributed by atoms with Crippen molar-refractivity contribution in [2.75, 3.05) is 20.6 Å². The van der Waals surface area contributed by atoms with E-state index in [1.165, 1.54) is 38.4 Å². The van der Waals surface area contributed by atoms with Crippen LogP contribution in [0.15, 0.2) is 29.2 Å². The first kappa shape index (κ1) is 14.7. The topological polar surface area (TPSA) is 66.5 Å². The zero-order valence-electron chi connectivity index (χ0n) is 10.8. The Balaban J connectivity index is 2.90. The second-order valence-corrected chi connectivity index (χ2v) is 6.22. The molecule has 0 aromatic heterocycles. The van der Waals surface area contributed by atoms with Gasteiger partial charge >= 0.3 is 0 Å². The Morgan fingerprint density at radius 1 is 1.22 bits per heavy atom. The first-order valence-electron chi connectivity index (χ1n) is 5.70. The summed E-state index contributed by atoms with van der Waals surface area (Å²) < 4.78 is 24.8. The largest absolute Gasteiger partial charge is 0.352 e. The molecule has 0 unspecified atom stereocenters. The maximum Gasteiger partial charge on any atom is 0.251 e. The van der Waals surface area contributed by atoms with Gasteiger partial charge in [0.25, 0.3) is 5.91 Å². The summed E-state index contributed by atoms with van der Waals surface area (Å²) in [7, 11) is -0.496. The number of sulfonamides is 1. The van der Waals surface area contributed by atoms with Crippen LogP contribution < -0.4 is 5.32 Å². The summed E-state index contributed by atoms with van der Waals surface area (Å²) in [5, 5.41) is 2.73. The molecule has 1 rings (SSSR count). The molecule has 1 aromatic carbocycles. The van der Waals surface area contributed by atoms with E-state index in [-0.39, 0.29) is 10.8 Å². The Morgan fingerprint density at radius 2 is 1.78 bits per heavy atom. The van der Waals surface area contributed by atoms with E-state index >= 15 is 0 Å². The van der Waals surface area contributed by atoms with Crippen molar-refractivity contribution in [3.8, 4) is 0 Å². The first-order chi connectivity index (χ1) is 8.39. The minimum absolute atomic E-state index is 0.180. The summed E-state index contributed by atoms with van der Waals surface area (Å²) in [6.45, 7) is 2.57. The van der Waals surface area contributed by atoms with E-state index in [2.05, 4.69) is 5.32 Å². The van der Waals surface area contributed by atoms with Crippen LogP contribution in [-0.4, -0.2) is 39.3 Å². The van der Waals surface area contributed by atoms with Gasteiger partial charge in [-0.15, -0.1) is 0 Å². The van der Waals surface area contributed by atoms with E-state index in [9.17, 15) is 13.2 Å². The van der Waals surface area contributed by atoms with Gasteiger partial charge in [0.05, 0.1) is 4.90 Å². The van der Waals surface area contributed by atoms with Crippen LogP contribution in [-0.2, 0) is 10.0 Å². The van der Waals surface area contributed by atoms with Crippen LogP contribution in [0.1, 0.15) is 23.7 Å². The van der Waals surface area contributed by atoms with Gasteiger partial charge in [-0.1, -0.05) is 6.92 Å². The number of amides is 1. The molecule has 0 fully saturated rings. The van der Waals surface area contributed by atoms with Gasteiger partial charge in [-0.05, 0) is 30.7 Å². The third kappa shape index (κ3) is 3.30. The van der Waals surface area contributed by atoms with E-state index in [4.69, 9.17) is 0 Å². The minimum atomic E-state index is -3.43. The number of hydrogen-bond donors (Lipinski definition) is 1. The molecule has 0 heterocycles. The molecule has 1 aromatic rings. The fourth-order valence-electron chi connectivity index (χ4n) is 1.33. The Labute approximate surface area is 108 Å². The Kier molecular flexibility index (Phi) is 4.86. The molecular formula is C12H18N2O3S. The second kappa shape index (κ2) is 5.97. The standard InChI is InChI=1S/C12H18N2O3S/c1-4-9-13-12(15)10-5-7-11(8-6-10)18(16,17)14(2)3/h5-8H,4,9H2,1-3H3,(H,13,15). The van der Waals surface area contributed by atoms with Crippen LogP contribution in [0, 0.1) is 0 Å². The lowest BCUT2D eigenvalue weighted by molar-refractivity contribution is 0.0953. The Morgan fingerprint density at radius 3 is 2.22 bits per heavy atom. The molecule has 0 atom stereocenters. The minimum Gasteiger partial charge on any atom is -0.352 e. The maximum atomic E-state index is 11.8. The number of nitrogens with zero attached hydrogens (tertiary/aromatic N) is 1. The van der Waals surface area contributed by atoms with E-state index < -0.39 is 10.0 Å². The smallest absolute Gasteiger partial charge is 0.251 e. The third-order valence-corrected chi connectivity index (χ3v) is 4.26. The average Bonchev–Trinajstić information content (AvgIpc) is 2.35. The molecule has 1 amide bonds. The molecule has 0 radical (unpaired) electrons. The van der Waals surface area contributed by atoms with Crippen molar-refractivity contribution in [1.29, 1.82) is 0 Å². The van der Waals surface area contributed by atoms with Crippen LogP contribution in [0.3, 0.4) is 0 Å². The van der Waals surface area contributed by atoms with Crippen LogP contribution in [0.4, 0.5) is 0 Å². The van der Waals surface area contributed by atoms with Gasteiger partial charge in [-0.2, -0.15) is 0 Å². The normalized spacial score (nSPS) is 11.6. The molecule has 100 valence electrons. The number of hydrogen-bond acceptors (Lipinski definition) is 3. The van der Waals surface area contributed by atoms with Gasteiger partial charge in [0.2, 0.25) is 10.0 Å². The van der Waals surface area contributed by atoms with E-state index in [1.54, 1.807) is 0 Å². The number of benzene rings is 1. The Hall–Kier alpha value is -1.40. The molecular weight excluding hydrogens is 252 g/mol. The molecule has 0 saturated heterocycles. The highest BCUT2D eigenvalue weighted by molar-refractivity contribution is 7.89. The highest BCUT2D eigenvalue weighted by Gasteiger charge is 2.17. The van der Waals surface area contributed by atoms with Crippen molar-refractivity contribution in [1.82, 2.24) is 9.62 Å². The molecule has 0 aliphatic carbocycles. The van der Waals surface area contributed by atoms with Gasteiger partial charge in [-0.3, -0.25) is 4.79 Å². The van der Waals surface area contributed by atoms with Crippen LogP contribution in [0.25, 0.3) is 0 Å². The van der Waals surface area contributed by atoms with E-state index in [1.807, 2.05) is 6.92 Å². The first-order valence-corrected chi connectivity index (χ1v) is 7.14. The predicted octanol–water partition coefficient (Wildman–Crippen LogP) is 1.08. The van der Waals surface area contributed by atoms with Crippen LogP contribution in [0.2, 0.25) is 0 Å². The maximum absolute atomic E-state index is 11.8. The van der Waals surface area contributed by atoms with Crippen molar-refractivity contribution in [3.05, 3.63) is 29.8 Å². The summed E-state index contributed by atoms with van der Waals surface area (Å²) in [6.07, 6.45) is 0.860. The molecule has 0 aliphatic rings. The van der Waals surface area contributed by atoms with Gasteiger partial charge in [0.1, 0.15) is 0 Å². The van der Waals surface area contributed by atoms with Crippen LogP contribution in [0.5, 0.6) is 0 Å². The lowest BCUT2D eigenvalue weighted by atomic mass is 10.2. The summed E-state index contributed by atoms with van der Waals surface area (Å²) in [6, 6.07) is 5.91. The van der Waals surface area contributed by atoms with Gasteiger partial charge in [0, 0.05) is 26.2 Å². The zero-order valence-corrected chi connectivity index (χ0v) is 11.6. The molecule has 5 nitrogen and oxygen atoms in total. The quantitative estimate of drug-likeness (QED) is 0.870. The van der Waals surface area contributed by atoms with E-state index in [0.717, 1.165) is 10.7 Å². The van der Waals surface area contributed by atoms with Crippen molar-refractivity contribution in [2.24, 2.45) is 0 Å². The highest BCUT2D eigenvalue weighted by atomic mass is 32.2. The van der Waals surface area contributed by atoms with Crippen molar-refractivity contribution < 1.29 is 13.2 Å². The molecule has 18 heavy (non-hydrogen) atoms. The highest BCUT2D eigenvalue weighted by Crippen LogP contribution is 2.13. The monoisotopic (exact) mass is 270 g/mol. The van der Waals surface area contributed by atoms with Gasteiger partial charge in [-0.25, -0.2) is 12.7 Å². The fraction of sp³-hybridized carbons (Fsp3) is 0.417. The number of carbonyl (C=O) groups is 1. The summed E-state index contributed by atoms with van der Waals surface area (Å²) in [4.78, 5) is 11.8. The van der Waals surface area contributed by atoms with Gasteiger partial charge < -0.3 is 5.32 Å². The van der Waals surface area contributed by atoms with Gasteiger partial charge in [0.15, 0.2) is 0 Å². The second-order valence-electron chi connectivity index (χ2n) is 4.07. The SMILES string of the molecule is CCCNC(=O)c1ccc(S(=O)(=O)N(C)C)cc1. The lowest BCUT2D eigenvalue weighted by Crippen LogP contribution is -2.24. The van der Waals surface area contributed by atoms with Crippen molar-refractivity contribution in [2.45, 2.75) is 18.2 Å². The summed E-state index contributed by atoms with van der Waals surface area (Å²) >= 11 is 0. The summed E-state index contributed by atoms with van der Waals surface area (Å²) in [5.74, 6) is -0.189. The Bertz CT molecular complexity index is 507. The molecule has 0 spiro atoms. The molecule has 0 bridgehead atoms. The number of rotatable bonds is 5. The van der Waals surface area contributed by atoms with E-state index in [0.29, 0.717) is 12.1 Å². The van der Waals surface area contributed by atoms with Crippen molar-refractivity contribution in [3.63, 3.8) is 0 Å². The third-order valence-electron chi connectivity index (χ3n) is 2.43. The predicted molar refractivity (Wildman–Crippen MR) is 69.9 cm³/mol. The number of nitrogens with one attached hydrogen (secondary N) is 1. The fourth-order valence-corrected chi connectivity index (χ4v) is 2.23. The summed E-state index contributed by atoms with van der Waals surface area (Å²) in [5.41, 5.74) is 0.459. The molecule has 0 saturated carbocycles.